The fourth-order valence-electron chi connectivity index (χ4n) is 2.89. The van der Waals surface area contributed by atoms with E-state index >= 15 is 0 Å². The summed E-state index contributed by atoms with van der Waals surface area (Å²) in [6, 6.07) is 10.5. The molecule has 1 aliphatic rings. The molecule has 3 nitrogen and oxygen atoms in total. The van der Waals surface area contributed by atoms with Crippen LogP contribution in [0.4, 0.5) is 11.4 Å². The van der Waals surface area contributed by atoms with Crippen LogP contribution in [0.2, 0.25) is 20.1 Å². The van der Waals surface area contributed by atoms with Crippen LogP contribution in [-0.2, 0) is 17.1 Å². The maximum Gasteiger partial charge on any atom is 1.00 e. The van der Waals surface area contributed by atoms with Crippen LogP contribution in [-0.4, -0.2) is 11.4 Å². The maximum atomic E-state index is 7.19. The van der Waals surface area contributed by atoms with Gasteiger partial charge in [-0.2, -0.15) is 5.70 Å². The Morgan fingerprint density at radius 3 is 1.81 bits per heavy atom. The van der Waals surface area contributed by atoms with Crippen molar-refractivity contribution in [2.75, 3.05) is 0 Å². The van der Waals surface area contributed by atoms with Crippen LogP contribution < -0.4 is 0 Å². The van der Waals surface area contributed by atoms with Crippen molar-refractivity contribution in [2.45, 2.75) is 46.0 Å². The number of allylic oxidation sites excluding steroid dienone is 2. The minimum Gasteiger partial charge on any atom is -0.659 e. The maximum absolute atomic E-state index is 7.19. The fraction of sp³-hybridized carbons (Fsp3) is 0.304. The first-order chi connectivity index (χ1) is 14.3. The van der Waals surface area contributed by atoms with Crippen LogP contribution in [0.3, 0.4) is 0 Å². The summed E-state index contributed by atoms with van der Waals surface area (Å²) in [6.45, 7) is 3.68. The molecule has 8 heteroatoms. The van der Waals surface area contributed by atoms with Gasteiger partial charge >= 0.3 is 17.1 Å². The Hall–Kier alpha value is -1.00. The van der Waals surface area contributed by atoms with Gasteiger partial charge in [-0.25, -0.2) is 0 Å². The van der Waals surface area contributed by atoms with E-state index in [4.69, 9.17) is 51.8 Å². The quantitative estimate of drug-likeness (QED) is 0.292. The van der Waals surface area contributed by atoms with Gasteiger partial charge in [0, 0.05) is 21.5 Å². The molecule has 2 aromatic carbocycles. The van der Waals surface area contributed by atoms with Gasteiger partial charge in [-0.15, -0.1) is 0 Å². The predicted octanol–water partition coefficient (Wildman–Crippen LogP) is 9.97. The van der Waals surface area contributed by atoms with Gasteiger partial charge in [0.1, 0.15) is 5.69 Å². The number of hydrogen-bond donors (Lipinski definition) is 1. The monoisotopic (exact) mass is 545 g/mol. The molecule has 2 aromatic rings. The molecule has 0 bridgehead atoms. The molecule has 0 amide bonds. The fourth-order valence-corrected chi connectivity index (χ4v) is 3.85. The Morgan fingerprint density at radius 2 is 1.35 bits per heavy atom. The van der Waals surface area contributed by atoms with Crippen molar-refractivity contribution in [2.24, 2.45) is 4.99 Å². The van der Waals surface area contributed by atoms with Crippen molar-refractivity contribution >= 4 is 69.2 Å². The first kappa shape index (κ1) is 28.0. The van der Waals surface area contributed by atoms with Crippen LogP contribution in [0.25, 0.3) is 5.32 Å². The third kappa shape index (κ3) is 9.57. The minimum atomic E-state index is 0. The van der Waals surface area contributed by atoms with Crippen LogP contribution in [0.1, 0.15) is 46.0 Å². The molecule has 0 radical (unpaired) electrons. The SMILES string of the molecule is CC(/C=C(/C)[N-]c1c(Cl)cccc1Cl)=Nc1c(Cl)cccc1Cl.N=C1CCCCC1.[Cu+]. The van der Waals surface area contributed by atoms with Crippen LogP contribution in [0, 0.1) is 5.41 Å². The van der Waals surface area contributed by atoms with E-state index in [0.29, 0.717) is 42.9 Å². The Labute approximate surface area is 215 Å². The molecule has 0 aliphatic heterocycles. The summed E-state index contributed by atoms with van der Waals surface area (Å²) in [7, 11) is 0. The third-order valence-corrected chi connectivity index (χ3v) is 5.55. The van der Waals surface area contributed by atoms with Crippen LogP contribution in [0.15, 0.2) is 53.2 Å². The van der Waals surface area contributed by atoms with Crippen molar-refractivity contribution < 1.29 is 17.1 Å². The molecule has 1 saturated carbocycles. The Bertz CT molecular complexity index is 909. The van der Waals surface area contributed by atoms with E-state index in [9.17, 15) is 0 Å². The standard InChI is InChI=1S/C17H13Cl4N2.C6H11N.Cu/c1-10(22-16-12(18)5-3-6-13(16)19)9-11(2)23-17-14(20)7-4-8-15(17)21;7-6-4-2-1-3-5-6;/h3-9H,1-2H3;7H,1-5H2;/q-1;;+1/b10-9-,23-11?;;. The number of hydrogen-bond acceptors (Lipinski definition) is 2. The third-order valence-electron chi connectivity index (χ3n) is 4.33. The number of aliphatic imine (C=N–C) groups is 1. The second-order valence-corrected chi connectivity index (χ2v) is 8.58. The molecule has 0 unspecified atom stereocenters. The molecule has 1 N–H and O–H groups in total. The first-order valence-electron chi connectivity index (χ1n) is 9.67. The van der Waals surface area contributed by atoms with Crippen molar-refractivity contribution in [1.29, 1.82) is 5.41 Å². The summed E-state index contributed by atoms with van der Waals surface area (Å²) in [5.74, 6) is 0. The minimum absolute atomic E-state index is 0. The average Bonchev–Trinajstić information content (AvgIpc) is 2.69. The molecule has 170 valence electrons. The zero-order valence-electron chi connectivity index (χ0n) is 17.3. The summed E-state index contributed by atoms with van der Waals surface area (Å²) in [6.07, 6.45) is 7.82. The van der Waals surface area contributed by atoms with Gasteiger partial charge in [0.25, 0.3) is 0 Å². The van der Waals surface area contributed by atoms with E-state index in [1.165, 1.54) is 19.3 Å². The number of nitrogens with zero attached hydrogens (tertiary/aromatic N) is 2. The average molecular weight is 548 g/mol. The molecule has 0 aromatic heterocycles. The Morgan fingerprint density at radius 1 is 0.871 bits per heavy atom. The van der Waals surface area contributed by atoms with Crippen LogP contribution in [0.5, 0.6) is 0 Å². The largest absolute Gasteiger partial charge is 1.00 e. The van der Waals surface area contributed by atoms with Gasteiger partial charge in [0.05, 0.1) is 10.0 Å². The predicted molar refractivity (Wildman–Crippen MR) is 133 cm³/mol. The van der Waals surface area contributed by atoms with Gasteiger partial charge in [0.2, 0.25) is 0 Å². The number of para-hydroxylation sites is 2. The first-order valence-corrected chi connectivity index (χ1v) is 11.2. The van der Waals surface area contributed by atoms with E-state index in [2.05, 4.69) is 10.3 Å². The van der Waals surface area contributed by atoms with E-state index < -0.39 is 0 Å². The molecular formula is C23H24Cl4CuN3. The van der Waals surface area contributed by atoms with Gasteiger partial charge in [-0.1, -0.05) is 83.6 Å². The van der Waals surface area contributed by atoms with Gasteiger partial charge in [0.15, 0.2) is 0 Å². The van der Waals surface area contributed by atoms with E-state index in [-0.39, 0.29) is 17.1 Å². The van der Waals surface area contributed by atoms with Gasteiger partial charge in [-0.05, 0) is 56.9 Å². The molecule has 0 heterocycles. The number of benzene rings is 2. The zero-order valence-corrected chi connectivity index (χ0v) is 21.3. The zero-order chi connectivity index (χ0) is 22.1. The molecular weight excluding hydrogens is 524 g/mol. The van der Waals surface area contributed by atoms with Crippen molar-refractivity contribution in [3.63, 3.8) is 0 Å². The Kier molecular flexibility index (Phi) is 12.8. The van der Waals surface area contributed by atoms with Gasteiger partial charge < -0.3 is 10.7 Å². The summed E-state index contributed by atoms with van der Waals surface area (Å²) in [5, 5.41) is 13.6. The molecule has 0 spiro atoms. The smallest absolute Gasteiger partial charge is 0.659 e. The number of rotatable bonds is 4. The van der Waals surface area contributed by atoms with Crippen molar-refractivity contribution in [1.82, 2.24) is 0 Å². The summed E-state index contributed by atoms with van der Waals surface area (Å²) < 4.78 is 0. The second-order valence-electron chi connectivity index (χ2n) is 6.96. The summed E-state index contributed by atoms with van der Waals surface area (Å²) in [5.41, 5.74) is 3.46. The number of halogens is 4. The van der Waals surface area contributed by atoms with E-state index in [1.807, 2.05) is 13.8 Å². The van der Waals surface area contributed by atoms with E-state index in [0.717, 1.165) is 18.6 Å². The molecule has 0 atom stereocenters. The number of nitrogens with one attached hydrogen (secondary N) is 1. The van der Waals surface area contributed by atoms with Gasteiger partial charge in [-0.3, -0.25) is 4.99 Å². The molecule has 3 rings (SSSR count). The Balaban J connectivity index is 0.000000510. The van der Waals surface area contributed by atoms with Crippen LogP contribution >= 0.6 is 46.4 Å². The molecule has 1 aliphatic carbocycles. The van der Waals surface area contributed by atoms with Crippen molar-refractivity contribution in [3.05, 3.63) is 73.6 Å². The molecule has 1 fully saturated rings. The molecule has 31 heavy (non-hydrogen) atoms. The summed E-state index contributed by atoms with van der Waals surface area (Å²) in [4.78, 5) is 4.43. The summed E-state index contributed by atoms with van der Waals surface area (Å²) >= 11 is 24.4. The topological polar surface area (TPSA) is 50.3 Å². The molecule has 0 saturated heterocycles. The van der Waals surface area contributed by atoms with E-state index in [1.54, 1.807) is 42.5 Å². The van der Waals surface area contributed by atoms with Crippen molar-refractivity contribution in [3.8, 4) is 0 Å². The second kappa shape index (κ2) is 14.2. The normalized spacial score (nSPS) is 14.3.